The molecule has 0 saturated carbocycles. The molecule has 0 spiro atoms. The third kappa shape index (κ3) is 3.37. The molecule has 1 aromatic heterocycles. The molecule has 0 unspecified atom stereocenters. The van der Waals surface area contributed by atoms with Crippen LogP contribution in [0.2, 0.25) is 5.02 Å². The number of benzene rings is 2. The number of aromatic nitrogens is 1. The Labute approximate surface area is 168 Å². The van der Waals surface area contributed by atoms with Crippen LogP contribution in [0.25, 0.3) is 22.6 Å². The number of fused-ring (bicyclic) bond motifs is 2. The molecule has 28 heavy (non-hydrogen) atoms. The molecule has 2 aromatic carbocycles. The molecular formula is C23H17ClN2O2. The maximum Gasteiger partial charge on any atom is 0.340 e. The number of nitrogens with zero attached hydrogens (tertiary/aromatic N) is 2. The standard InChI is InChI=1S/C23H17ClN2O2/c1-14(13-25)28-23(27)21-18-4-2-3-5-20(18)26-22-16(8-11-19(21)22)12-15-6-9-17(24)10-7-15/h2-7,9-10,12,14H,8,11H2,1H3/b16-12+/t14-/m0/s1. The van der Waals surface area contributed by atoms with Gasteiger partial charge >= 0.3 is 5.97 Å². The van der Waals surface area contributed by atoms with E-state index in [2.05, 4.69) is 6.08 Å². The molecule has 5 heteroatoms. The molecule has 0 N–H and O–H groups in total. The summed E-state index contributed by atoms with van der Waals surface area (Å²) in [6.45, 7) is 1.56. The molecule has 138 valence electrons. The Morgan fingerprint density at radius 2 is 1.96 bits per heavy atom. The Hall–Kier alpha value is -3.16. The number of ether oxygens (including phenoxy) is 1. The minimum Gasteiger partial charge on any atom is -0.444 e. The van der Waals surface area contributed by atoms with Gasteiger partial charge in [0.25, 0.3) is 0 Å². The molecule has 0 amide bonds. The molecule has 0 bridgehead atoms. The van der Waals surface area contributed by atoms with Crippen LogP contribution in [-0.2, 0) is 11.2 Å². The number of rotatable bonds is 3. The average molecular weight is 389 g/mol. The predicted octanol–water partition coefficient (Wildman–Crippen LogP) is 5.44. The molecule has 1 aliphatic rings. The van der Waals surface area contributed by atoms with E-state index in [1.807, 2.05) is 54.6 Å². The monoisotopic (exact) mass is 388 g/mol. The molecule has 0 fully saturated rings. The normalized spacial score (nSPS) is 15.2. The van der Waals surface area contributed by atoms with Gasteiger partial charge in [-0.05, 0) is 60.7 Å². The number of hydrogen-bond acceptors (Lipinski definition) is 4. The van der Waals surface area contributed by atoms with Crippen molar-refractivity contribution in [3.8, 4) is 6.07 Å². The molecule has 0 aliphatic heterocycles. The number of esters is 1. The third-order valence-corrected chi connectivity index (χ3v) is 5.07. The maximum absolute atomic E-state index is 12.9. The van der Waals surface area contributed by atoms with E-state index in [-0.39, 0.29) is 0 Å². The smallest absolute Gasteiger partial charge is 0.340 e. The van der Waals surface area contributed by atoms with Crippen LogP contribution in [0.1, 0.15) is 40.5 Å². The minimum absolute atomic E-state index is 0.475. The summed E-state index contributed by atoms with van der Waals surface area (Å²) in [4.78, 5) is 17.7. The van der Waals surface area contributed by atoms with E-state index in [0.717, 1.165) is 39.7 Å². The number of carbonyl (C=O) groups is 1. The Balaban J connectivity index is 1.86. The topological polar surface area (TPSA) is 63.0 Å². The van der Waals surface area contributed by atoms with Crippen molar-refractivity contribution >= 4 is 40.1 Å². The summed E-state index contributed by atoms with van der Waals surface area (Å²) in [5.74, 6) is -0.475. The number of allylic oxidation sites excluding steroid dienone is 1. The Morgan fingerprint density at radius 1 is 1.21 bits per heavy atom. The summed E-state index contributed by atoms with van der Waals surface area (Å²) in [5, 5.41) is 10.4. The van der Waals surface area contributed by atoms with Crippen LogP contribution in [0, 0.1) is 11.3 Å². The van der Waals surface area contributed by atoms with Gasteiger partial charge in [-0.25, -0.2) is 9.78 Å². The fraction of sp³-hybridized carbons (Fsp3) is 0.174. The van der Waals surface area contributed by atoms with Crippen molar-refractivity contribution in [1.82, 2.24) is 4.98 Å². The summed E-state index contributed by atoms with van der Waals surface area (Å²) in [7, 11) is 0. The van der Waals surface area contributed by atoms with Gasteiger partial charge in [-0.3, -0.25) is 0 Å². The van der Waals surface area contributed by atoms with Crippen molar-refractivity contribution in [2.24, 2.45) is 0 Å². The predicted molar refractivity (Wildman–Crippen MR) is 110 cm³/mol. The average Bonchev–Trinajstić information content (AvgIpc) is 3.09. The van der Waals surface area contributed by atoms with E-state index in [1.165, 1.54) is 0 Å². The highest BCUT2D eigenvalue weighted by Gasteiger charge is 2.28. The van der Waals surface area contributed by atoms with Gasteiger partial charge < -0.3 is 4.74 Å². The molecule has 4 rings (SSSR count). The van der Waals surface area contributed by atoms with Crippen molar-refractivity contribution in [2.45, 2.75) is 25.9 Å². The third-order valence-electron chi connectivity index (χ3n) is 4.82. The summed E-state index contributed by atoms with van der Waals surface area (Å²) < 4.78 is 5.32. The van der Waals surface area contributed by atoms with Crippen molar-refractivity contribution < 1.29 is 9.53 Å². The Bertz CT molecular complexity index is 1140. The summed E-state index contributed by atoms with van der Waals surface area (Å²) in [6.07, 6.45) is 2.77. The first-order valence-corrected chi connectivity index (χ1v) is 9.43. The second-order valence-electron chi connectivity index (χ2n) is 6.73. The van der Waals surface area contributed by atoms with Crippen LogP contribution in [0.5, 0.6) is 0 Å². The zero-order valence-electron chi connectivity index (χ0n) is 15.3. The quantitative estimate of drug-likeness (QED) is 0.560. The summed E-state index contributed by atoms with van der Waals surface area (Å²) in [6, 6.07) is 17.1. The van der Waals surface area contributed by atoms with E-state index in [1.54, 1.807) is 6.92 Å². The molecule has 0 saturated heterocycles. The van der Waals surface area contributed by atoms with E-state index in [9.17, 15) is 4.79 Å². The highest BCUT2D eigenvalue weighted by molar-refractivity contribution is 6.30. The van der Waals surface area contributed by atoms with Crippen molar-refractivity contribution in [2.75, 3.05) is 0 Å². The lowest BCUT2D eigenvalue weighted by Crippen LogP contribution is -2.16. The lowest BCUT2D eigenvalue weighted by atomic mass is 10.0. The largest absolute Gasteiger partial charge is 0.444 e. The molecule has 1 atom stereocenters. The summed E-state index contributed by atoms with van der Waals surface area (Å²) in [5.41, 5.74) is 5.07. The van der Waals surface area contributed by atoms with E-state index in [4.69, 9.17) is 26.6 Å². The number of carbonyl (C=O) groups excluding carboxylic acids is 1. The lowest BCUT2D eigenvalue weighted by Gasteiger charge is -2.13. The first-order chi connectivity index (χ1) is 13.6. The fourth-order valence-corrected chi connectivity index (χ4v) is 3.64. The molecule has 0 radical (unpaired) electrons. The van der Waals surface area contributed by atoms with E-state index >= 15 is 0 Å². The van der Waals surface area contributed by atoms with Crippen LogP contribution in [-0.4, -0.2) is 17.1 Å². The van der Waals surface area contributed by atoms with Crippen LogP contribution in [0.3, 0.4) is 0 Å². The van der Waals surface area contributed by atoms with Gasteiger partial charge in [-0.2, -0.15) is 5.26 Å². The highest BCUT2D eigenvalue weighted by Crippen LogP contribution is 2.38. The number of hydrogen-bond donors (Lipinski definition) is 0. The Kier molecular flexibility index (Phi) is 4.85. The zero-order chi connectivity index (χ0) is 19.7. The molecule has 1 heterocycles. The van der Waals surface area contributed by atoms with Crippen LogP contribution in [0.4, 0.5) is 0 Å². The van der Waals surface area contributed by atoms with Gasteiger partial charge in [-0.15, -0.1) is 0 Å². The van der Waals surface area contributed by atoms with Crippen molar-refractivity contribution in [1.29, 1.82) is 5.26 Å². The summed E-state index contributed by atoms with van der Waals surface area (Å²) >= 11 is 5.98. The SMILES string of the molecule is C[C@@H](C#N)OC(=O)c1c2c(nc3ccccc13)/C(=C/c1ccc(Cl)cc1)CC2. The first kappa shape index (κ1) is 18.2. The van der Waals surface area contributed by atoms with Crippen molar-refractivity contribution in [3.05, 3.63) is 75.9 Å². The highest BCUT2D eigenvalue weighted by atomic mass is 35.5. The number of pyridine rings is 1. The van der Waals surface area contributed by atoms with Crippen LogP contribution < -0.4 is 0 Å². The van der Waals surface area contributed by atoms with Gasteiger partial charge in [-0.1, -0.05) is 41.9 Å². The van der Waals surface area contributed by atoms with Crippen LogP contribution >= 0.6 is 11.6 Å². The Morgan fingerprint density at radius 3 is 2.71 bits per heavy atom. The number of nitriles is 1. The second kappa shape index (κ2) is 7.46. The molecule has 3 aromatic rings. The van der Waals surface area contributed by atoms with E-state index in [0.29, 0.717) is 17.0 Å². The van der Waals surface area contributed by atoms with Gasteiger partial charge in [0.05, 0.1) is 16.8 Å². The van der Waals surface area contributed by atoms with Gasteiger partial charge in [0.1, 0.15) is 6.07 Å². The lowest BCUT2D eigenvalue weighted by molar-refractivity contribution is 0.0436. The van der Waals surface area contributed by atoms with Crippen molar-refractivity contribution in [3.63, 3.8) is 0 Å². The first-order valence-electron chi connectivity index (χ1n) is 9.05. The van der Waals surface area contributed by atoms with Gasteiger partial charge in [0, 0.05) is 10.4 Å². The fourth-order valence-electron chi connectivity index (χ4n) is 3.52. The number of halogens is 1. The van der Waals surface area contributed by atoms with E-state index < -0.39 is 12.1 Å². The number of para-hydroxylation sites is 1. The molecule has 1 aliphatic carbocycles. The van der Waals surface area contributed by atoms with Crippen LogP contribution in [0.15, 0.2) is 48.5 Å². The zero-order valence-corrected chi connectivity index (χ0v) is 16.0. The maximum atomic E-state index is 12.9. The van der Waals surface area contributed by atoms with Gasteiger partial charge in [0.15, 0.2) is 6.10 Å². The van der Waals surface area contributed by atoms with Gasteiger partial charge in [0.2, 0.25) is 0 Å². The second-order valence-corrected chi connectivity index (χ2v) is 7.17. The molecule has 4 nitrogen and oxygen atoms in total. The molecular weight excluding hydrogens is 372 g/mol. The minimum atomic E-state index is -0.805.